The van der Waals surface area contributed by atoms with Crippen molar-refractivity contribution in [1.82, 2.24) is 0 Å². The quantitative estimate of drug-likeness (QED) is 0.873. The van der Waals surface area contributed by atoms with Crippen LogP contribution in [0, 0.1) is 12.7 Å². The van der Waals surface area contributed by atoms with Crippen LogP contribution in [0.1, 0.15) is 15.9 Å². The second-order valence-electron chi connectivity index (χ2n) is 5.09. The van der Waals surface area contributed by atoms with E-state index in [9.17, 15) is 17.6 Å². The molecule has 0 saturated heterocycles. The molecule has 0 atom stereocenters. The Labute approximate surface area is 129 Å². The maximum absolute atomic E-state index is 13.0. The average Bonchev–Trinajstić information content (AvgIpc) is 2.46. The number of rotatable bonds is 3. The predicted octanol–water partition coefficient (Wildman–Crippen LogP) is 2.81. The molecule has 0 spiro atoms. The SMILES string of the molecule is Cc1ccc(S(C)(=O)=O)cc1C(=O)N(C)c1ccc(F)cc1. The minimum absolute atomic E-state index is 0.0916. The van der Waals surface area contributed by atoms with Gasteiger partial charge < -0.3 is 4.90 Å². The Kier molecular flexibility index (Phi) is 4.32. The summed E-state index contributed by atoms with van der Waals surface area (Å²) in [6.45, 7) is 1.73. The highest BCUT2D eigenvalue weighted by molar-refractivity contribution is 7.90. The molecule has 0 aliphatic carbocycles. The number of amides is 1. The van der Waals surface area contributed by atoms with Crippen LogP contribution in [-0.4, -0.2) is 27.6 Å². The van der Waals surface area contributed by atoms with Crippen LogP contribution in [0.4, 0.5) is 10.1 Å². The molecule has 0 radical (unpaired) electrons. The minimum atomic E-state index is -3.39. The normalized spacial score (nSPS) is 11.3. The zero-order chi connectivity index (χ0) is 16.5. The van der Waals surface area contributed by atoms with Crippen molar-refractivity contribution in [2.75, 3.05) is 18.2 Å². The Hall–Kier alpha value is -2.21. The van der Waals surface area contributed by atoms with Gasteiger partial charge in [0.2, 0.25) is 0 Å². The van der Waals surface area contributed by atoms with Crippen molar-refractivity contribution in [2.45, 2.75) is 11.8 Å². The molecule has 2 aromatic carbocycles. The summed E-state index contributed by atoms with van der Waals surface area (Å²) >= 11 is 0. The van der Waals surface area contributed by atoms with E-state index < -0.39 is 9.84 Å². The molecule has 22 heavy (non-hydrogen) atoms. The van der Waals surface area contributed by atoms with Gasteiger partial charge in [0.15, 0.2) is 9.84 Å². The van der Waals surface area contributed by atoms with Gasteiger partial charge in [0, 0.05) is 24.6 Å². The number of hydrogen-bond acceptors (Lipinski definition) is 3. The number of hydrogen-bond donors (Lipinski definition) is 0. The molecule has 0 aliphatic rings. The molecule has 0 saturated carbocycles. The van der Waals surface area contributed by atoms with Crippen molar-refractivity contribution in [3.05, 3.63) is 59.4 Å². The van der Waals surface area contributed by atoms with Crippen LogP contribution in [-0.2, 0) is 9.84 Å². The van der Waals surface area contributed by atoms with E-state index in [2.05, 4.69) is 0 Å². The fourth-order valence-electron chi connectivity index (χ4n) is 2.02. The Balaban J connectivity index is 2.42. The van der Waals surface area contributed by atoms with Crippen LogP contribution in [0.25, 0.3) is 0 Å². The van der Waals surface area contributed by atoms with Gasteiger partial charge in [0.25, 0.3) is 5.91 Å². The third-order valence-corrected chi connectivity index (χ3v) is 4.50. The van der Waals surface area contributed by atoms with Crippen LogP contribution in [0.5, 0.6) is 0 Å². The maximum atomic E-state index is 13.0. The first-order valence-corrected chi connectivity index (χ1v) is 8.43. The number of sulfone groups is 1. The molecule has 0 aromatic heterocycles. The van der Waals surface area contributed by atoms with E-state index >= 15 is 0 Å². The Bertz CT molecular complexity index is 814. The van der Waals surface area contributed by atoms with Gasteiger partial charge in [0.1, 0.15) is 5.82 Å². The second-order valence-corrected chi connectivity index (χ2v) is 7.11. The maximum Gasteiger partial charge on any atom is 0.258 e. The lowest BCUT2D eigenvalue weighted by Gasteiger charge is -2.19. The summed E-state index contributed by atoms with van der Waals surface area (Å²) in [6, 6.07) is 9.94. The number of aryl methyl sites for hydroxylation is 1. The van der Waals surface area contributed by atoms with Crippen molar-refractivity contribution in [3.63, 3.8) is 0 Å². The van der Waals surface area contributed by atoms with Gasteiger partial charge in [-0.1, -0.05) is 6.07 Å². The molecular formula is C16H16FNO3S. The van der Waals surface area contributed by atoms with Crippen molar-refractivity contribution in [3.8, 4) is 0 Å². The first-order valence-electron chi connectivity index (χ1n) is 6.54. The molecule has 0 heterocycles. The molecule has 0 unspecified atom stereocenters. The average molecular weight is 321 g/mol. The van der Waals surface area contributed by atoms with E-state index in [0.29, 0.717) is 16.8 Å². The Morgan fingerprint density at radius 2 is 1.68 bits per heavy atom. The summed E-state index contributed by atoms with van der Waals surface area (Å²) in [4.78, 5) is 14.0. The highest BCUT2D eigenvalue weighted by Gasteiger charge is 2.18. The van der Waals surface area contributed by atoms with E-state index in [-0.39, 0.29) is 16.6 Å². The lowest BCUT2D eigenvalue weighted by molar-refractivity contribution is 0.0992. The highest BCUT2D eigenvalue weighted by atomic mass is 32.2. The molecule has 0 bridgehead atoms. The summed E-state index contributed by atoms with van der Waals surface area (Å²) < 4.78 is 36.2. The molecule has 4 nitrogen and oxygen atoms in total. The molecule has 1 amide bonds. The van der Waals surface area contributed by atoms with Gasteiger partial charge in [-0.2, -0.15) is 0 Å². The van der Waals surface area contributed by atoms with E-state index in [0.717, 1.165) is 6.26 Å². The van der Waals surface area contributed by atoms with Gasteiger partial charge in [-0.05, 0) is 48.9 Å². The third kappa shape index (κ3) is 3.33. The van der Waals surface area contributed by atoms with Crippen LogP contribution < -0.4 is 4.90 Å². The largest absolute Gasteiger partial charge is 0.311 e. The monoisotopic (exact) mass is 321 g/mol. The number of carbonyl (C=O) groups is 1. The van der Waals surface area contributed by atoms with E-state index in [1.54, 1.807) is 20.0 Å². The summed E-state index contributed by atoms with van der Waals surface area (Å²) in [6.07, 6.45) is 1.09. The lowest BCUT2D eigenvalue weighted by atomic mass is 10.1. The number of benzene rings is 2. The smallest absolute Gasteiger partial charge is 0.258 e. The fraction of sp³-hybridized carbons (Fsp3) is 0.188. The zero-order valence-electron chi connectivity index (χ0n) is 12.5. The molecule has 2 aromatic rings. The zero-order valence-corrected chi connectivity index (χ0v) is 13.3. The van der Waals surface area contributed by atoms with Gasteiger partial charge in [-0.25, -0.2) is 12.8 Å². The topological polar surface area (TPSA) is 54.5 Å². The standard InChI is InChI=1S/C16H16FNO3S/c1-11-4-9-14(22(3,20)21)10-15(11)16(19)18(2)13-7-5-12(17)6-8-13/h4-10H,1-3H3. The van der Waals surface area contributed by atoms with Crippen molar-refractivity contribution in [1.29, 1.82) is 0 Å². The number of anilines is 1. The minimum Gasteiger partial charge on any atom is -0.311 e. The molecule has 0 fully saturated rings. The molecule has 116 valence electrons. The molecule has 6 heteroatoms. The first-order chi connectivity index (χ1) is 10.2. The first kappa shape index (κ1) is 16.2. The highest BCUT2D eigenvalue weighted by Crippen LogP contribution is 2.20. The number of carbonyl (C=O) groups excluding carboxylic acids is 1. The van der Waals surface area contributed by atoms with Crippen molar-refractivity contribution in [2.24, 2.45) is 0 Å². The fourth-order valence-corrected chi connectivity index (χ4v) is 2.67. The lowest BCUT2D eigenvalue weighted by Crippen LogP contribution is -2.27. The summed E-state index contributed by atoms with van der Waals surface area (Å²) in [5.41, 5.74) is 1.50. The Morgan fingerprint density at radius 3 is 2.23 bits per heavy atom. The summed E-state index contributed by atoms with van der Waals surface area (Å²) in [7, 11) is -1.83. The molecular weight excluding hydrogens is 305 g/mol. The predicted molar refractivity (Wildman–Crippen MR) is 83.4 cm³/mol. The van der Waals surface area contributed by atoms with E-state index in [1.807, 2.05) is 0 Å². The molecule has 0 aliphatic heterocycles. The number of nitrogens with zero attached hydrogens (tertiary/aromatic N) is 1. The van der Waals surface area contributed by atoms with E-state index in [4.69, 9.17) is 0 Å². The van der Waals surface area contributed by atoms with Gasteiger partial charge in [-0.3, -0.25) is 4.79 Å². The molecule has 2 rings (SSSR count). The van der Waals surface area contributed by atoms with Crippen LogP contribution in [0.2, 0.25) is 0 Å². The van der Waals surface area contributed by atoms with Crippen molar-refractivity contribution < 1.29 is 17.6 Å². The summed E-state index contributed by atoms with van der Waals surface area (Å²) in [5.74, 6) is -0.741. The van der Waals surface area contributed by atoms with Crippen LogP contribution in [0.15, 0.2) is 47.4 Å². The summed E-state index contributed by atoms with van der Waals surface area (Å²) in [5, 5.41) is 0. The number of halogens is 1. The molecule has 0 N–H and O–H groups in total. The second kappa shape index (κ2) is 5.88. The van der Waals surface area contributed by atoms with Gasteiger partial charge in [-0.15, -0.1) is 0 Å². The van der Waals surface area contributed by atoms with Gasteiger partial charge in [0.05, 0.1) is 4.90 Å². The third-order valence-electron chi connectivity index (χ3n) is 3.39. The van der Waals surface area contributed by atoms with Crippen molar-refractivity contribution >= 4 is 21.4 Å². The van der Waals surface area contributed by atoms with Gasteiger partial charge >= 0.3 is 0 Å². The van der Waals surface area contributed by atoms with E-state index in [1.165, 1.54) is 41.3 Å². The Morgan fingerprint density at radius 1 is 1.09 bits per heavy atom. The van der Waals surface area contributed by atoms with Crippen LogP contribution in [0.3, 0.4) is 0 Å². The van der Waals surface area contributed by atoms with Crippen LogP contribution >= 0.6 is 0 Å².